The molecule has 0 N–H and O–H groups in total. The molecule has 3 aliphatic rings. The Morgan fingerprint density at radius 1 is 0.382 bits per heavy atom. The fourth-order valence-corrected chi connectivity index (χ4v) is 5.26. The predicted molar refractivity (Wildman–Crippen MR) is 153 cm³/mol. The molecular formula is C30H64N4. The van der Waals surface area contributed by atoms with Crippen LogP contribution in [-0.4, -0.2) is 96.1 Å². The SMILES string of the molecule is CC(C)C1CCN(C(C)C)CC1.CC(C)C1CN(C(C)C)C1.CC(C)N1CCN(C(C)C)CC1. The highest BCUT2D eigenvalue weighted by atomic mass is 15.3. The Balaban J connectivity index is 0.000000256. The topological polar surface area (TPSA) is 13.0 Å². The Morgan fingerprint density at radius 2 is 0.676 bits per heavy atom. The first-order chi connectivity index (χ1) is 15.8. The molecular weight excluding hydrogens is 416 g/mol. The fraction of sp³-hybridized carbons (Fsp3) is 1.00. The van der Waals surface area contributed by atoms with Crippen molar-refractivity contribution >= 4 is 0 Å². The third-order valence-corrected chi connectivity index (χ3v) is 8.67. The molecule has 0 unspecified atom stereocenters. The van der Waals surface area contributed by atoms with Gasteiger partial charge in [0.25, 0.3) is 0 Å². The summed E-state index contributed by atoms with van der Waals surface area (Å²) >= 11 is 0. The minimum Gasteiger partial charge on any atom is -0.301 e. The van der Waals surface area contributed by atoms with Crippen molar-refractivity contribution in [2.45, 2.75) is 120 Å². The van der Waals surface area contributed by atoms with Gasteiger partial charge in [-0.1, -0.05) is 27.7 Å². The summed E-state index contributed by atoms with van der Waals surface area (Å²) < 4.78 is 0. The van der Waals surface area contributed by atoms with E-state index in [1.165, 1.54) is 65.2 Å². The number of likely N-dealkylation sites (tertiary alicyclic amines) is 2. The van der Waals surface area contributed by atoms with Gasteiger partial charge in [0.05, 0.1) is 0 Å². The Labute approximate surface area is 215 Å². The molecule has 0 aliphatic carbocycles. The molecule has 0 radical (unpaired) electrons. The molecule has 0 aromatic rings. The summed E-state index contributed by atoms with van der Waals surface area (Å²) in [7, 11) is 0. The van der Waals surface area contributed by atoms with Gasteiger partial charge >= 0.3 is 0 Å². The third kappa shape index (κ3) is 11.3. The number of piperidine rings is 1. The normalized spacial score (nSPS) is 22.4. The van der Waals surface area contributed by atoms with Crippen LogP contribution in [0.2, 0.25) is 0 Å². The number of nitrogens with zero attached hydrogens (tertiary/aromatic N) is 4. The summed E-state index contributed by atoms with van der Waals surface area (Å²) in [4.78, 5) is 10.2. The van der Waals surface area contributed by atoms with Crippen LogP contribution in [0.15, 0.2) is 0 Å². The highest BCUT2D eigenvalue weighted by Crippen LogP contribution is 2.25. The van der Waals surface area contributed by atoms with E-state index in [1.54, 1.807) is 0 Å². The molecule has 4 heteroatoms. The highest BCUT2D eigenvalue weighted by molar-refractivity contribution is 4.83. The molecule has 0 spiro atoms. The van der Waals surface area contributed by atoms with Crippen LogP contribution in [-0.2, 0) is 0 Å². The second kappa shape index (κ2) is 15.8. The minimum absolute atomic E-state index is 0.722. The van der Waals surface area contributed by atoms with Gasteiger partial charge in [-0.15, -0.1) is 0 Å². The Morgan fingerprint density at radius 3 is 0.941 bits per heavy atom. The van der Waals surface area contributed by atoms with Gasteiger partial charge in [-0.05, 0) is 105 Å². The van der Waals surface area contributed by atoms with Crippen LogP contribution in [0.5, 0.6) is 0 Å². The zero-order valence-corrected chi connectivity index (χ0v) is 25.5. The van der Waals surface area contributed by atoms with Crippen LogP contribution in [0.1, 0.15) is 95.9 Å². The molecule has 34 heavy (non-hydrogen) atoms. The van der Waals surface area contributed by atoms with E-state index in [9.17, 15) is 0 Å². The molecule has 0 aromatic heterocycles. The maximum atomic E-state index is 2.60. The van der Waals surface area contributed by atoms with Gasteiger partial charge in [-0.2, -0.15) is 0 Å². The molecule has 0 saturated carbocycles. The van der Waals surface area contributed by atoms with Crippen molar-refractivity contribution in [2.75, 3.05) is 52.4 Å². The molecule has 3 fully saturated rings. The van der Waals surface area contributed by atoms with Crippen molar-refractivity contribution in [3.63, 3.8) is 0 Å². The van der Waals surface area contributed by atoms with Crippen molar-refractivity contribution in [2.24, 2.45) is 23.7 Å². The lowest BCUT2D eigenvalue weighted by Crippen LogP contribution is -2.51. The summed E-state index contributed by atoms with van der Waals surface area (Å²) in [5, 5.41) is 0. The Kier molecular flexibility index (Phi) is 14.9. The lowest BCUT2D eigenvalue weighted by Gasteiger charge is -2.44. The van der Waals surface area contributed by atoms with Crippen molar-refractivity contribution < 1.29 is 0 Å². The predicted octanol–water partition coefficient (Wildman–Crippen LogP) is 6.17. The van der Waals surface area contributed by atoms with E-state index in [0.717, 1.165) is 47.8 Å². The van der Waals surface area contributed by atoms with Gasteiger partial charge in [0, 0.05) is 63.4 Å². The quantitative estimate of drug-likeness (QED) is 0.451. The zero-order valence-electron chi connectivity index (χ0n) is 25.5. The fourth-order valence-electron chi connectivity index (χ4n) is 5.26. The second-order valence-corrected chi connectivity index (χ2v) is 13.0. The van der Waals surface area contributed by atoms with Gasteiger partial charge in [-0.25, -0.2) is 0 Å². The largest absolute Gasteiger partial charge is 0.301 e. The molecule has 3 saturated heterocycles. The summed E-state index contributed by atoms with van der Waals surface area (Å²) in [5.41, 5.74) is 0. The van der Waals surface area contributed by atoms with E-state index in [4.69, 9.17) is 0 Å². The van der Waals surface area contributed by atoms with Gasteiger partial charge in [0.15, 0.2) is 0 Å². The monoisotopic (exact) mass is 481 g/mol. The molecule has 3 rings (SSSR count). The number of rotatable bonds is 6. The van der Waals surface area contributed by atoms with Crippen molar-refractivity contribution in [1.29, 1.82) is 0 Å². The maximum Gasteiger partial charge on any atom is 0.0113 e. The smallest absolute Gasteiger partial charge is 0.0113 e. The Bertz CT molecular complexity index is 416. The van der Waals surface area contributed by atoms with Crippen LogP contribution in [0.3, 0.4) is 0 Å². The second-order valence-electron chi connectivity index (χ2n) is 13.0. The lowest BCUT2D eigenvalue weighted by atomic mass is 9.86. The van der Waals surface area contributed by atoms with E-state index in [-0.39, 0.29) is 0 Å². The van der Waals surface area contributed by atoms with E-state index < -0.39 is 0 Å². The van der Waals surface area contributed by atoms with E-state index in [2.05, 4.69) is 103 Å². The molecule has 0 bridgehead atoms. The number of hydrogen-bond acceptors (Lipinski definition) is 4. The van der Waals surface area contributed by atoms with Crippen molar-refractivity contribution in [1.82, 2.24) is 19.6 Å². The Hall–Kier alpha value is -0.160. The molecule has 204 valence electrons. The first-order valence-corrected chi connectivity index (χ1v) is 14.8. The summed E-state index contributed by atoms with van der Waals surface area (Å²) in [5.74, 6) is 3.73. The molecule has 3 aliphatic heterocycles. The highest BCUT2D eigenvalue weighted by Gasteiger charge is 2.30. The summed E-state index contributed by atoms with van der Waals surface area (Å²) in [6.07, 6.45) is 2.83. The molecule has 0 amide bonds. The number of piperazine rings is 1. The standard InChI is InChI=1S/C11H23N.C10H22N2.C9H19N/c2*1-9(2)11-5-7-12(8-6-11)10(3)4;1-7(2)9-5-10(6-9)8(3)4/h9-11H,5-8H2,1-4H3;9-10H,5-8H2,1-4H3;7-9H,5-6H2,1-4H3. The van der Waals surface area contributed by atoms with Gasteiger partial charge in [0.2, 0.25) is 0 Å². The maximum absolute atomic E-state index is 2.60. The van der Waals surface area contributed by atoms with E-state index >= 15 is 0 Å². The van der Waals surface area contributed by atoms with Crippen molar-refractivity contribution in [3.8, 4) is 0 Å². The van der Waals surface area contributed by atoms with Gasteiger partial charge in [-0.3, -0.25) is 9.80 Å². The number of hydrogen-bond donors (Lipinski definition) is 0. The zero-order chi connectivity index (χ0) is 26.0. The molecule has 0 aromatic carbocycles. The first kappa shape index (κ1) is 31.9. The van der Waals surface area contributed by atoms with Crippen LogP contribution in [0, 0.1) is 23.7 Å². The van der Waals surface area contributed by atoms with Crippen molar-refractivity contribution in [3.05, 3.63) is 0 Å². The summed E-state index contributed by atoms with van der Waals surface area (Å²) in [6.45, 7) is 37.9. The minimum atomic E-state index is 0.722. The average Bonchev–Trinajstić information content (AvgIpc) is 2.73. The lowest BCUT2D eigenvalue weighted by molar-refractivity contribution is 0.0408. The van der Waals surface area contributed by atoms with Gasteiger partial charge in [0.1, 0.15) is 0 Å². The van der Waals surface area contributed by atoms with Crippen LogP contribution in [0.25, 0.3) is 0 Å². The average molecular weight is 481 g/mol. The molecule has 0 atom stereocenters. The van der Waals surface area contributed by atoms with Crippen LogP contribution in [0.4, 0.5) is 0 Å². The van der Waals surface area contributed by atoms with E-state index in [1.807, 2.05) is 0 Å². The van der Waals surface area contributed by atoms with Gasteiger partial charge < -0.3 is 9.80 Å². The third-order valence-electron chi connectivity index (χ3n) is 8.67. The summed E-state index contributed by atoms with van der Waals surface area (Å²) in [6, 6.07) is 2.95. The van der Waals surface area contributed by atoms with E-state index in [0.29, 0.717) is 0 Å². The first-order valence-electron chi connectivity index (χ1n) is 14.8. The molecule has 3 heterocycles. The molecule has 4 nitrogen and oxygen atoms in total. The van der Waals surface area contributed by atoms with Crippen LogP contribution >= 0.6 is 0 Å². The van der Waals surface area contributed by atoms with Crippen LogP contribution < -0.4 is 0 Å².